The topological polar surface area (TPSA) is 111 Å². The smallest absolute Gasteiger partial charge is 0.264 e. The molecule has 32 heavy (non-hydrogen) atoms. The van der Waals surface area contributed by atoms with E-state index in [9.17, 15) is 18.0 Å². The minimum atomic E-state index is -4.07. The lowest BCUT2D eigenvalue weighted by atomic mass is 10.1. The highest BCUT2D eigenvalue weighted by molar-refractivity contribution is 7.93. The fraction of sp³-hybridized carbons (Fsp3) is 0.364. The van der Waals surface area contributed by atoms with Crippen LogP contribution in [0.3, 0.4) is 0 Å². The number of piperazine rings is 1. The molecular weight excluding hydrogens is 430 g/mol. The molecule has 3 N–H and O–H groups in total. The van der Waals surface area contributed by atoms with Crippen molar-refractivity contribution in [2.45, 2.75) is 18.7 Å². The monoisotopic (exact) mass is 459 g/mol. The number of anilines is 3. The van der Waals surface area contributed by atoms with Gasteiger partial charge in [-0.3, -0.25) is 14.3 Å². The van der Waals surface area contributed by atoms with Crippen molar-refractivity contribution in [3.63, 3.8) is 0 Å². The molecule has 0 bridgehead atoms. The Labute approximate surface area is 188 Å². The Balaban J connectivity index is 2.07. The maximum absolute atomic E-state index is 13.4. The zero-order chi connectivity index (χ0) is 23.5. The van der Waals surface area contributed by atoms with Gasteiger partial charge in [-0.15, -0.1) is 0 Å². The van der Waals surface area contributed by atoms with E-state index in [1.807, 2.05) is 0 Å². The lowest BCUT2D eigenvalue weighted by Crippen LogP contribution is -2.43. The second-order valence-corrected chi connectivity index (χ2v) is 9.61. The van der Waals surface area contributed by atoms with Crippen LogP contribution in [0.15, 0.2) is 41.3 Å². The third-order valence-corrected chi connectivity index (χ3v) is 6.49. The van der Waals surface area contributed by atoms with E-state index in [0.717, 1.165) is 18.7 Å². The van der Waals surface area contributed by atoms with E-state index in [1.54, 1.807) is 51.4 Å². The average molecular weight is 460 g/mol. The van der Waals surface area contributed by atoms with Gasteiger partial charge in [0.1, 0.15) is 4.90 Å². The molecule has 0 unspecified atom stereocenters. The first-order valence-corrected chi connectivity index (χ1v) is 11.8. The maximum atomic E-state index is 13.4. The number of aryl methyl sites for hydroxylation is 1. The van der Waals surface area contributed by atoms with Gasteiger partial charge in [0.05, 0.1) is 17.1 Å². The van der Waals surface area contributed by atoms with Gasteiger partial charge < -0.3 is 20.4 Å². The molecule has 0 atom stereocenters. The molecular formula is C22H29N5O4S. The second-order valence-electron chi connectivity index (χ2n) is 7.95. The molecule has 1 aliphatic heterocycles. The Morgan fingerprint density at radius 1 is 1.03 bits per heavy atom. The van der Waals surface area contributed by atoms with E-state index in [0.29, 0.717) is 30.0 Å². The summed E-state index contributed by atoms with van der Waals surface area (Å²) in [5.74, 6) is -0.600. The van der Waals surface area contributed by atoms with Crippen LogP contribution in [0.5, 0.6) is 0 Å². The summed E-state index contributed by atoms with van der Waals surface area (Å²) >= 11 is 0. The molecule has 2 aromatic rings. The Bertz CT molecular complexity index is 1130. The van der Waals surface area contributed by atoms with Crippen LogP contribution >= 0.6 is 0 Å². The molecule has 3 rings (SSSR count). The quantitative estimate of drug-likeness (QED) is 0.608. The molecule has 1 fully saturated rings. The first-order chi connectivity index (χ1) is 15.1. The van der Waals surface area contributed by atoms with E-state index >= 15 is 0 Å². The Morgan fingerprint density at radius 3 is 2.34 bits per heavy atom. The minimum absolute atomic E-state index is 0.0386. The van der Waals surface area contributed by atoms with Gasteiger partial charge in [0.15, 0.2) is 0 Å². The molecule has 1 heterocycles. The molecule has 1 aliphatic rings. The summed E-state index contributed by atoms with van der Waals surface area (Å²) in [6.07, 6.45) is 0. The summed E-state index contributed by atoms with van der Waals surface area (Å²) in [6, 6.07) is 9.83. The van der Waals surface area contributed by atoms with Crippen LogP contribution in [0, 0.1) is 6.92 Å². The van der Waals surface area contributed by atoms with Crippen LogP contribution in [-0.4, -0.2) is 65.4 Å². The van der Waals surface area contributed by atoms with Gasteiger partial charge in [0.2, 0.25) is 5.91 Å². The third kappa shape index (κ3) is 5.38. The summed E-state index contributed by atoms with van der Waals surface area (Å²) in [5, 5.41) is 5.85. The number of hydrogen-bond acceptors (Lipinski definition) is 6. The Morgan fingerprint density at radius 2 is 1.72 bits per heavy atom. The maximum Gasteiger partial charge on any atom is 0.264 e. The number of carbonyl (C=O) groups excluding carboxylic acids is 2. The van der Waals surface area contributed by atoms with Crippen molar-refractivity contribution in [1.29, 1.82) is 0 Å². The van der Waals surface area contributed by atoms with Gasteiger partial charge in [-0.2, -0.15) is 0 Å². The average Bonchev–Trinajstić information content (AvgIpc) is 2.74. The lowest BCUT2D eigenvalue weighted by molar-refractivity contribution is -0.114. The van der Waals surface area contributed by atoms with Gasteiger partial charge in [0.25, 0.3) is 15.9 Å². The molecule has 0 radical (unpaired) electrons. The summed E-state index contributed by atoms with van der Waals surface area (Å²) in [5.41, 5.74) is 2.31. The molecule has 9 nitrogen and oxygen atoms in total. The molecule has 0 spiro atoms. The molecule has 2 amide bonds. The number of carbonyl (C=O) groups is 2. The lowest BCUT2D eigenvalue weighted by Gasteiger charge is -2.31. The number of nitrogens with zero attached hydrogens (tertiary/aromatic N) is 2. The minimum Gasteiger partial charge on any atom is -0.367 e. The van der Waals surface area contributed by atoms with Crippen LogP contribution < -0.4 is 20.3 Å². The van der Waals surface area contributed by atoms with Crippen molar-refractivity contribution >= 4 is 38.9 Å². The van der Waals surface area contributed by atoms with Crippen LogP contribution in [0.1, 0.15) is 22.8 Å². The van der Waals surface area contributed by atoms with Crippen LogP contribution in [0.4, 0.5) is 17.1 Å². The Kier molecular flexibility index (Phi) is 7.05. The van der Waals surface area contributed by atoms with E-state index < -0.39 is 10.0 Å². The largest absolute Gasteiger partial charge is 0.367 e. The van der Waals surface area contributed by atoms with E-state index in [4.69, 9.17) is 0 Å². The number of hydrogen-bond donors (Lipinski definition) is 3. The van der Waals surface area contributed by atoms with E-state index in [-0.39, 0.29) is 22.4 Å². The molecule has 172 valence electrons. The first kappa shape index (κ1) is 23.6. The highest BCUT2D eigenvalue weighted by Gasteiger charge is 2.24. The summed E-state index contributed by atoms with van der Waals surface area (Å²) in [4.78, 5) is 27.6. The van der Waals surface area contributed by atoms with Crippen molar-refractivity contribution in [1.82, 2.24) is 10.2 Å². The van der Waals surface area contributed by atoms with Gasteiger partial charge in [-0.25, -0.2) is 8.42 Å². The highest BCUT2D eigenvalue weighted by atomic mass is 32.2. The third-order valence-electron chi connectivity index (χ3n) is 5.09. The van der Waals surface area contributed by atoms with E-state index in [1.165, 1.54) is 17.9 Å². The van der Waals surface area contributed by atoms with Crippen LogP contribution in [0.25, 0.3) is 0 Å². The zero-order valence-corrected chi connectivity index (χ0v) is 19.5. The zero-order valence-electron chi connectivity index (χ0n) is 18.7. The normalized spacial score (nSPS) is 14.1. The van der Waals surface area contributed by atoms with Gasteiger partial charge in [-0.05, 0) is 42.8 Å². The molecule has 2 aromatic carbocycles. The van der Waals surface area contributed by atoms with Gasteiger partial charge in [-0.1, -0.05) is 6.07 Å². The SMILES string of the molecule is CC(=O)Nc1ccc(C)cc1S(=O)(=O)Nc1cc(C(=O)N(C)C)ccc1N1CCNCC1. The molecule has 0 aromatic heterocycles. The molecule has 1 saturated heterocycles. The standard InChI is InChI=1S/C22H29N5O4S/c1-15-5-7-18(24-16(2)28)21(13-15)32(30,31)25-19-14-17(22(29)26(3)4)6-8-20(19)27-11-9-23-10-12-27/h5-8,13-14,23,25H,9-12H2,1-4H3,(H,24,28). The predicted octanol–water partition coefficient (Wildman–Crippen LogP) is 1.87. The first-order valence-electron chi connectivity index (χ1n) is 10.3. The summed E-state index contributed by atoms with van der Waals surface area (Å²) < 4.78 is 29.5. The Hall–Kier alpha value is -3.11. The number of benzene rings is 2. The van der Waals surface area contributed by atoms with Crippen molar-refractivity contribution in [3.8, 4) is 0 Å². The van der Waals surface area contributed by atoms with Crippen molar-refractivity contribution in [2.75, 3.05) is 55.2 Å². The van der Waals surface area contributed by atoms with Gasteiger partial charge in [0, 0.05) is 52.8 Å². The molecule has 10 heteroatoms. The van der Waals surface area contributed by atoms with Crippen molar-refractivity contribution in [3.05, 3.63) is 47.5 Å². The van der Waals surface area contributed by atoms with Crippen molar-refractivity contribution < 1.29 is 18.0 Å². The van der Waals surface area contributed by atoms with Crippen LogP contribution in [0.2, 0.25) is 0 Å². The number of amides is 2. The van der Waals surface area contributed by atoms with Gasteiger partial charge >= 0.3 is 0 Å². The number of rotatable bonds is 6. The molecule has 0 saturated carbocycles. The number of sulfonamides is 1. The second kappa shape index (κ2) is 9.58. The van der Waals surface area contributed by atoms with Crippen molar-refractivity contribution in [2.24, 2.45) is 0 Å². The summed E-state index contributed by atoms with van der Waals surface area (Å²) in [6.45, 7) is 6.06. The highest BCUT2D eigenvalue weighted by Crippen LogP contribution is 2.32. The molecule has 0 aliphatic carbocycles. The fourth-order valence-electron chi connectivity index (χ4n) is 3.54. The predicted molar refractivity (Wildman–Crippen MR) is 126 cm³/mol. The fourth-order valence-corrected chi connectivity index (χ4v) is 4.85. The van der Waals surface area contributed by atoms with E-state index in [2.05, 4.69) is 20.3 Å². The summed E-state index contributed by atoms with van der Waals surface area (Å²) in [7, 11) is -0.784. The number of nitrogens with one attached hydrogen (secondary N) is 3. The van der Waals surface area contributed by atoms with Crippen LogP contribution in [-0.2, 0) is 14.8 Å².